The third-order valence-corrected chi connectivity index (χ3v) is 5.38. The van der Waals surface area contributed by atoms with E-state index in [4.69, 9.17) is 4.74 Å². The average Bonchev–Trinajstić information content (AvgIpc) is 2.82. The predicted octanol–water partition coefficient (Wildman–Crippen LogP) is 5.69. The molecule has 0 aliphatic rings. The molecule has 0 aromatic heterocycles. The van der Waals surface area contributed by atoms with E-state index in [1.165, 1.54) is 0 Å². The Hall–Kier alpha value is -3.59. The van der Waals surface area contributed by atoms with Crippen molar-refractivity contribution in [3.63, 3.8) is 0 Å². The van der Waals surface area contributed by atoms with Crippen LogP contribution < -0.4 is 10.1 Å². The number of carbonyl (C=O) groups is 1. The number of nitrogens with one attached hydrogen (secondary N) is 1. The first-order valence-corrected chi connectivity index (χ1v) is 10.2. The van der Waals surface area contributed by atoms with E-state index in [2.05, 4.69) is 47.8 Å². The number of benzene rings is 4. The standard InChI is InChI=1S/C27H25NO2/c1-30-25-17-9-15-23-20(14-8-16-24(23)25)18-19-26(29)28-27(21-10-4-2-5-11-21)22-12-6-3-7-13-22/h2-17,27H,18-19H2,1H3,(H,28,29). The predicted molar refractivity (Wildman–Crippen MR) is 122 cm³/mol. The van der Waals surface area contributed by atoms with Crippen LogP contribution in [-0.4, -0.2) is 13.0 Å². The van der Waals surface area contributed by atoms with Crippen LogP contribution in [0.4, 0.5) is 0 Å². The normalized spacial score (nSPS) is 10.9. The van der Waals surface area contributed by atoms with Crippen LogP contribution in [0.2, 0.25) is 0 Å². The van der Waals surface area contributed by atoms with Gasteiger partial charge in [0.2, 0.25) is 5.91 Å². The van der Waals surface area contributed by atoms with Gasteiger partial charge in [-0.15, -0.1) is 0 Å². The lowest BCUT2D eigenvalue weighted by atomic mass is 9.97. The Morgan fingerprint density at radius 3 is 2.00 bits per heavy atom. The van der Waals surface area contributed by atoms with Crippen LogP contribution in [0.15, 0.2) is 97.1 Å². The maximum atomic E-state index is 12.9. The van der Waals surface area contributed by atoms with Gasteiger partial charge in [-0.3, -0.25) is 4.79 Å². The Balaban J connectivity index is 1.52. The van der Waals surface area contributed by atoms with Gasteiger partial charge < -0.3 is 10.1 Å². The molecule has 0 heterocycles. The van der Waals surface area contributed by atoms with Crippen molar-refractivity contribution >= 4 is 16.7 Å². The monoisotopic (exact) mass is 395 g/mol. The SMILES string of the molecule is COc1cccc2c(CCC(=O)NC(c3ccccc3)c3ccccc3)cccc12. The highest BCUT2D eigenvalue weighted by atomic mass is 16.5. The number of hydrogen-bond acceptors (Lipinski definition) is 2. The van der Waals surface area contributed by atoms with Gasteiger partial charge in [0.15, 0.2) is 0 Å². The van der Waals surface area contributed by atoms with Gasteiger partial charge in [-0.25, -0.2) is 0 Å². The minimum atomic E-state index is -0.160. The summed E-state index contributed by atoms with van der Waals surface area (Å²) in [6.07, 6.45) is 1.10. The summed E-state index contributed by atoms with van der Waals surface area (Å²) in [5.74, 6) is 0.889. The number of rotatable bonds is 7. The molecule has 0 aliphatic carbocycles. The summed E-state index contributed by atoms with van der Waals surface area (Å²) < 4.78 is 5.48. The fourth-order valence-corrected chi connectivity index (χ4v) is 3.87. The molecule has 0 radical (unpaired) electrons. The average molecular weight is 396 g/mol. The Labute approximate surface area is 177 Å². The fraction of sp³-hybridized carbons (Fsp3) is 0.148. The number of fused-ring (bicyclic) bond motifs is 1. The number of methoxy groups -OCH3 is 1. The van der Waals surface area contributed by atoms with Crippen molar-refractivity contribution in [2.24, 2.45) is 0 Å². The van der Waals surface area contributed by atoms with Crippen molar-refractivity contribution < 1.29 is 9.53 Å². The first-order chi connectivity index (χ1) is 14.8. The van der Waals surface area contributed by atoms with Gasteiger partial charge in [-0.05, 0) is 34.6 Å². The zero-order valence-corrected chi connectivity index (χ0v) is 17.0. The number of carbonyl (C=O) groups excluding carboxylic acids is 1. The van der Waals surface area contributed by atoms with E-state index in [1.54, 1.807) is 7.11 Å². The highest BCUT2D eigenvalue weighted by molar-refractivity contribution is 5.91. The molecule has 3 heteroatoms. The van der Waals surface area contributed by atoms with Crippen LogP contribution in [0.25, 0.3) is 10.8 Å². The van der Waals surface area contributed by atoms with E-state index in [9.17, 15) is 4.79 Å². The van der Waals surface area contributed by atoms with E-state index in [0.717, 1.165) is 33.2 Å². The molecule has 3 nitrogen and oxygen atoms in total. The summed E-state index contributed by atoms with van der Waals surface area (Å²) in [6.45, 7) is 0. The summed E-state index contributed by atoms with van der Waals surface area (Å²) in [5, 5.41) is 5.43. The van der Waals surface area contributed by atoms with Gasteiger partial charge in [-0.1, -0.05) is 91.0 Å². The fourth-order valence-electron chi connectivity index (χ4n) is 3.87. The Bertz CT molecular complexity index is 1080. The lowest BCUT2D eigenvalue weighted by molar-refractivity contribution is -0.121. The van der Waals surface area contributed by atoms with Gasteiger partial charge in [-0.2, -0.15) is 0 Å². The lowest BCUT2D eigenvalue weighted by Crippen LogP contribution is -2.29. The molecular formula is C27H25NO2. The first kappa shape index (κ1) is 19.7. The smallest absolute Gasteiger partial charge is 0.221 e. The largest absolute Gasteiger partial charge is 0.496 e. The van der Waals surface area contributed by atoms with Crippen LogP contribution in [-0.2, 0) is 11.2 Å². The summed E-state index contributed by atoms with van der Waals surface area (Å²) in [7, 11) is 1.68. The van der Waals surface area contributed by atoms with Crippen LogP contribution in [0.5, 0.6) is 5.75 Å². The molecule has 0 atom stereocenters. The topological polar surface area (TPSA) is 38.3 Å². The minimum absolute atomic E-state index is 0.0348. The van der Waals surface area contributed by atoms with Crippen LogP contribution in [0.3, 0.4) is 0 Å². The number of hydrogen-bond donors (Lipinski definition) is 1. The third-order valence-electron chi connectivity index (χ3n) is 5.38. The highest BCUT2D eigenvalue weighted by Gasteiger charge is 2.17. The quantitative estimate of drug-likeness (QED) is 0.437. The van der Waals surface area contributed by atoms with Gasteiger partial charge >= 0.3 is 0 Å². The van der Waals surface area contributed by atoms with Gasteiger partial charge in [0.05, 0.1) is 13.2 Å². The van der Waals surface area contributed by atoms with Crippen LogP contribution in [0.1, 0.15) is 29.2 Å². The van der Waals surface area contributed by atoms with Crippen molar-refractivity contribution in [3.05, 3.63) is 114 Å². The van der Waals surface area contributed by atoms with Crippen molar-refractivity contribution in [1.29, 1.82) is 0 Å². The highest BCUT2D eigenvalue weighted by Crippen LogP contribution is 2.28. The summed E-state index contributed by atoms with van der Waals surface area (Å²) >= 11 is 0. The van der Waals surface area contributed by atoms with E-state index >= 15 is 0 Å². The molecular weight excluding hydrogens is 370 g/mol. The van der Waals surface area contributed by atoms with Crippen LogP contribution in [0, 0.1) is 0 Å². The van der Waals surface area contributed by atoms with Crippen molar-refractivity contribution in [2.75, 3.05) is 7.11 Å². The zero-order valence-electron chi connectivity index (χ0n) is 17.0. The number of amides is 1. The van der Waals surface area contributed by atoms with E-state index < -0.39 is 0 Å². The van der Waals surface area contributed by atoms with E-state index in [1.807, 2.05) is 54.6 Å². The summed E-state index contributed by atoms with van der Waals surface area (Å²) in [4.78, 5) is 12.9. The molecule has 150 valence electrons. The summed E-state index contributed by atoms with van der Waals surface area (Å²) in [6, 6.07) is 32.2. The first-order valence-electron chi connectivity index (χ1n) is 10.2. The van der Waals surface area contributed by atoms with Crippen molar-refractivity contribution in [2.45, 2.75) is 18.9 Å². The molecule has 0 saturated carbocycles. The van der Waals surface area contributed by atoms with Gasteiger partial charge in [0, 0.05) is 11.8 Å². The molecule has 1 N–H and O–H groups in total. The second-order valence-corrected chi connectivity index (χ2v) is 7.29. The molecule has 4 aromatic carbocycles. The Morgan fingerprint density at radius 1 is 0.767 bits per heavy atom. The Morgan fingerprint density at radius 2 is 1.37 bits per heavy atom. The maximum Gasteiger partial charge on any atom is 0.221 e. The molecule has 0 spiro atoms. The molecule has 0 aliphatic heterocycles. The molecule has 1 amide bonds. The maximum absolute atomic E-state index is 12.9. The second-order valence-electron chi connectivity index (χ2n) is 7.29. The Kier molecular flexibility index (Phi) is 6.09. The van der Waals surface area contributed by atoms with E-state index in [0.29, 0.717) is 12.8 Å². The molecule has 30 heavy (non-hydrogen) atoms. The van der Waals surface area contributed by atoms with E-state index in [-0.39, 0.29) is 11.9 Å². The second kappa shape index (κ2) is 9.27. The molecule has 0 fully saturated rings. The molecule has 0 bridgehead atoms. The molecule has 0 saturated heterocycles. The van der Waals surface area contributed by atoms with Crippen molar-refractivity contribution in [1.82, 2.24) is 5.32 Å². The van der Waals surface area contributed by atoms with Crippen molar-refractivity contribution in [3.8, 4) is 5.75 Å². The van der Waals surface area contributed by atoms with Gasteiger partial charge in [0.1, 0.15) is 5.75 Å². The van der Waals surface area contributed by atoms with Crippen LogP contribution >= 0.6 is 0 Å². The van der Waals surface area contributed by atoms with Gasteiger partial charge in [0.25, 0.3) is 0 Å². The minimum Gasteiger partial charge on any atom is -0.496 e. The third kappa shape index (κ3) is 4.36. The summed E-state index contributed by atoms with van der Waals surface area (Å²) in [5.41, 5.74) is 3.30. The lowest BCUT2D eigenvalue weighted by Gasteiger charge is -2.20. The molecule has 4 aromatic rings. The zero-order chi connectivity index (χ0) is 20.8. The molecule has 4 rings (SSSR count). The number of aryl methyl sites for hydroxylation is 1. The number of ether oxygens (including phenoxy) is 1. The molecule has 0 unspecified atom stereocenters.